The third-order valence-corrected chi connectivity index (χ3v) is 3.64. The molecule has 6 atom stereocenters. The van der Waals surface area contributed by atoms with Crippen LogP contribution in [0, 0.1) is 17.8 Å². The largest absolute Gasteiger partial charge is 0.459 e. The molecule has 3 rings (SSSR count). The van der Waals surface area contributed by atoms with Crippen molar-refractivity contribution < 1.29 is 14.3 Å². The minimum atomic E-state index is -0.0376. The van der Waals surface area contributed by atoms with Crippen LogP contribution in [0.2, 0.25) is 0 Å². The lowest BCUT2D eigenvalue weighted by Crippen LogP contribution is -2.35. The van der Waals surface area contributed by atoms with Crippen molar-refractivity contribution in [1.29, 1.82) is 0 Å². The molecular formula is C9H12O3. The molecule has 0 aliphatic carbocycles. The van der Waals surface area contributed by atoms with E-state index in [2.05, 4.69) is 13.8 Å². The summed E-state index contributed by atoms with van der Waals surface area (Å²) in [5, 5.41) is 0. The molecule has 3 nitrogen and oxygen atoms in total. The van der Waals surface area contributed by atoms with Crippen LogP contribution in [0.25, 0.3) is 0 Å². The molecule has 3 fully saturated rings. The Hall–Kier alpha value is -0.570. The third-order valence-electron chi connectivity index (χ3n) is 3.64. The maximum Gasteiger partial charge on any atom is 0.312 e. The van der Waals surface area contributed by atoms with Crippen LogP contribution in [0.15, 0.2) is 0 Å². The van der Waals surface area contributed by atoms with Crippen LogP contribution in [-0.2, 0) is 14.3 Å². The first kappa shape index (κ1) is 6.89. The standard InChI is InChI=1S/C9H12O3/c1-3-5-8-7(12-9(5)10)4(2)6(3)11-8/h3-8H,1-2H3/t3-,4-,5?,6?,7?,8?/m1/s1. The molecule has 0 aromatic rings. The van der Waals surface area contributed by atoms with Gasteiger partial charge < -0.3 is 9.47 Å². The molecule has 0 amide bonds. The highest BCUT2D eigenvalue weighted by atomic mass is 16.6. The Morgan fingerprint density at radius 3 is 2.50 bits per heavy atom. The van der Waals surface area contributed by atoms with Gasteiger partial charge in [-0.15, -0.1) is 0 Å². The molecule has 0 spiro atoms. The Morgan fingerprint density at radius 1 is 1.08 bits per heavy atom. The molecule has 3 heterocycles. The van der Waals surface area contributed by atoms with Crippen LogP contribution in [0.4, 0.5) is 0 Å². The number of esters is 1. The maximum atomic E-state index is 11.3. The Morgan fingerprint density at radius 2 is 1.83 bits per heavy atom. The van der Waals surface area contributed by atoms with Crippen LogP contribution < -0.4 is 0 Å². The molecule has 3 aliphatic rings. The zero-order valence-electron chi connectivity index (χ0n) is 7.19. The molecule has 0 aromatic carbocycles. The van der Waals surface area contributed by atoms with Crippen molar-refractivity contribution in [2.45, 2.75) is 32.2 Å². The van der Waals surface area contributed by atoms with Gasteiger partial charge in [0.05, 0.1) is 12.0 Å². The van der Waals surface area contributed by atoms with E-state index in [1.807, 2.05) is 0 Å². The van der Waals surface area contributed by atoms with E-state index in [0.29, 0.717) is 11.8 Å². The van der Waals surface area contributed by atoms with E-state index in [-0.39, 0.29) is 30.2 Å². The summed E-state index contributed by atoms with van der Waals surface area (Å²) in [6.07, 6.45) is 0.396. The topological polar surface area (TPSA) is 35.5 Å². The molecule has 3 saturated heterocycles. The second-order valence-corrected chi connectivity index (χ2v) is 4.21. The van der Waals surface area contributed by atoms with Gasteiger partial charge >= 0.3 is 5.97 Å². The van der Waals surface area contributed by atoms with E-state index in [1.165, 1.54) is 0 Å². The van der Waals surface area contributed by atoms with Crippen LogP contribution in [-0.4, -0.2) is 24.3 Å². The number of hydrogen-bond donors (Lipinski definition) is 0. The quantitative estimate of drug-likeness (QED) is 0.496. The second kappa shape index (κ2) is 1.84. The van der Waals surface area contributed by atoms with E-state index in [0.717, 1.165) is 0 Å². The fourth-order valence-corrected chi connectivity index (χ4v) is 3.00. The molecule has 4 unspecified atom stereocenters. The fourth-order valence-electron chi connectivity index (χ4n) is 3.00. The van der Waals surface area contributed by atoms with Gasteiger partial charge in [-0.05, 0) is 5.92 Å². The molecule has 2 bridgehead atoms. The molecule has 12 heavy (non-hydrogen) atoms. The van der Waals surface area contributed by atoms with E-state index in [1.54, 1.807) is 0 Å². The summed E-state index contributed by atoms with van der Waals surface area (Å²) in [7, 11) is 0. The predicted molar refractivity (Wildman–Crippen MR) is 40.4 cm³/mol. The highest BCUT2D eigenvalue weighted by molar-refractivity contribution is 5.77. The summed E-state index contributed by atoms with van der Waals surface area (Å²) >= 11 is 0. The zero-order chi connectivity index (χ0) is 8.46. The van der Waals surface area contributed by atoms with E-state index in [9.17, 15) is 4.79 Å². The van der Waals surface area contributed by atoms with Crippen LogP contribution in [0.5, 0.6) is 0 Å². The number of ether oxygens (including phenoxy) is 2. The average Bonchev–Trinajstić information content (AvgIpc) is 2.56. The van der Waals surface area contributed by atoms with Crippen LogP contribution in [0.3, 0.4) is 0 Å². The van der Waals surface area contributed by atoms with Gasteiger partial charge in [0.2, 0.25) is 0 Å². The van der Waals surface area contributed by atoms with Crippen LogP contribution >= 0.6 is 0 Å². The lowest BCUT2D eigenvalue weighted by atomic mass is 9.76. The molecule has 3 heteroatoms. The van der Waals surface area contributed by atoms with Gasteiger partial charge in [0.25, 0.3) is 0 Å². The molecule has 0 N–H and O–H groups in total. The maximum absolute atomic E-state index is 11.3. The lowest BCUT2D eigenvalue weighted by molar-refractivity contribution is -0.144. The molecular weight excluding hydrogens is 156 g/mol. The van der Waals surface area contributed by atoms with Crippen molar-refractivity contribution in [2.24, 2.45) is 17.8 Å². The number of carbonyl (C=O) groups is 1. The van der Waals surface area contributed by atoms with Gasteiger partial charge in [0.1, 0.15) is 12.2 Å². The summed E-state index contributed by atoms with van der Waals surface area (Å²) in [6.45, 7) is 4.20. The Kier molecular flexibility index (Phi) is 1.06. The number of rotatable bonds is 0. The van der Waals surface area contributed by atoms with E-state index in [4.69, 9.17) is 9.47 Å². The van der Waals surface area contributed by atoms with Crippen LogP contribution in [0.1, 0.15) is 13.8 Å². The van der Waals surface area contributed by atoms with Gasteiger partial charge in [0.15, 0.2) is 0 Å². The number of fused-ring (bicyclic) bond motifs is 1. The van der Waals surface area contributed by atoms with Gasteiger partial charge in [0, 0.05) is 5.92 Å². The van der Waals surface area contributed by atoms with Gasteiger partial charge in [-0.2, -0.15) is 0 Å². The summed E-state index contributed by atoms with van der Waals surface area (Å²) in [5.74, 6) is 0.754. The minimum Gasteiger partial charge on any atom is -0.459 e. The SMILES string of the molecule is C[C@@H]1C2C(=O)OC3C2OC1[C@H]3C. The van der Waals surface area contributed by atoms with Crippen molar-refractivity contribution in [3.05, 3.63) is 0 Å². The second-order valence-electron chi connectivity index (χ2n) is 4.21. The number of carbonyl (C=O) groups excluding carboxylic acids is 1. The summed E-state index contributed by atoms with van der Waals surface area (Å²) in [6, 6.07) is 0. The number of hydrogen-bond acceptors (Lipinski definition) is 3. The Balaban J connectivity index is 2.06. The van der Waals surface area contributed by atoms with Gasteiger partial charge in [-0.25, -0.2) is 0 Å². The van der Waals surface area contributed by atoms with Crippen molar-refractivity contribution in [3.8, 4) is 0 Å². The fraction of sp³-hybridized carbons (Fsp3) is 0.889. The van der Waals surface area contributed by atoms with Crippen molar-refractivity contribution in [2.75, 3.05) is 0 Å². The smallest absolute Gasteiger partial charge is 0.312 e. The van der Waals surface area contributed by atoms with Crippen molar-refractivity contribution in [1.82, 2.24) is 0 Å². The highest BCUT2D eigenvalue weighted by Gasteiger charge is 2.65. The van der Waals surface area contributed by atoms with Crippen molar-refractivity contribution >= 4 is 5.97 Å². The Bertz CT molecular complexity index is 250. The van der Waals surface area contributed by atoms with E-state index < -0.39 is 0 Å². The first-order valence-electron chi connectivity index (χ1n) is 4.56. The summed E-state index contributed by atoms with van der Waals surface area (Å²) < 4.78 is 11.0. The third kappa shape index (κ3) is 0.534. The van der Waals surface area contributed by atoms with E-state index >= 15 is 0 Å². The Labute approximate surface area is 71.0 Å². The first-order chi connectivity index (χ1) is 5.70. The van der Waals surface area contributed by atoms with Gasteiger partial charge in [-0.3, -0.25) is 4.79 Å². The van der Waals surface area contributed by atoms with Gasteiger partial charge in [-0.1, -0.05) is 13.8 Å². The monoisotopic (exact) mass is 168 g/mol. The molecule has 3 aliphatic heterocycles. The first-order valence-corrected chi connectivity index (χ1v) is 4.56. The average molecular weight is 168 g/mol. The summed E-state index contributed by atoms with van der Waals surface area (Å²) in [5.41, 5.74) is 0. The summed E-state index contributed by atoms with van der Waals surface area (Å²) in [4.78, 5) is 11.3. The molecule has 0 radical (unpaired) electrons. The molecule has 0 aromatic heterocycles. The predicted octanol–water partition coefficient (Wildman–Crippen LogP) is 0.581. The normalized spacial score (nSPS) is 61.0. The zero-order valence-corrected chi connectivity index (χ0v) is 7.19. The molecule has 66 valence electrons. The molecule has 0 saturated carbocycles. The minimum absolute atomic E-state index is 0.0376. The lowest BCUT2D eigenvalue weighted by Gasteiger charge is -2.22. The van der Waals surface area contributed by atoms with Crippen molar-refractivity contribution in [3.63, 3.8) is 0 Å². The highest BCUT2D eigenvalue weighted by Crippen LogP contribution is 2.52.